The van der Waals surface area contributed by atoms with Crippen LogP contribution in [0.4, 0.5) is 0 Å². The second-order valence-corrected chi connectivity index (χ2v) is 13.4. The number of aromatic nitrogens is 3. The van der Waals surface area contributed by atoms with Crippen molar-refractivity contribution in [3.63, 3.8) is 0 Å². The minimum absolute atomic E-state index is 0.599. The summed E-state index contributed by atoms with van der Waals surface area (Å²) in [6.07, 6.45) is 0. The van der Waals surface area contributed by atoms with Crippen LogP contribution in [0.5, 0.6) is 0 Å². The molecule has 0 fully saturated rings. The topological polar surface area (TPSA) is 51.8 Å². The monoisotopic (exact) mass is 657 g/mol. The van der Waals surface area contributed by atoms with Crippen LogP contribution >= 0.6 is 11.3 Å². The summed E-state index contributed by atoms with van der Waals surface area (Å²) in [5, 5.41) is 4.54. The molecule has 5 heteroatoms. The number of hydrogen-bond acceptors (Lipinski definition) is 5. The third-order valence-electron chi connectivity index (χ3n) is 9.38. The highest BCUT2D eigenvalue weighted by Gasteiger charge is 2.21. The molecule has 0 spiro atoms. The van der Waals surface area contributed by atoms with Gasteiger partial charge in [0.15, 0.2) is 17.5 Å². The summed E-state index contributed by atoms with van der Waals surface area (Å²) in [7, 11) is 0. The zero-order valence-corrected chi connectivity index (χ0v) is 27.6. The molecular formula is C45H27N3OS. The molecule has 0 saturated carbocycles. The van der Waals surface area contributed by atoms with E-state index in [0.717, 1.165) is 55.3 Å². The number of fused-ring (bicyclic) bond motifs is 6. The number of para-hydroxylation sites is 1. The molecule has 0 aliphatic rings. The van der Waals surface area contributed by atoms with Crippen molar-refractivity contribution in [2.45, 2.75) is 0 Å². The molecule has 3 aromatic heterocycles. The van der Waals surface area contributed by atoms with Crippen molar-refractivity contribution in [2.24, 2.45) is 0 Å². The van der Waals surface area contributed by atoms with Gasteiger partial charge in [0, 0.05) is 58.8 Å². The summed E-state index contributed by atoms with van der Waals surface area (Å²) in [5.74, 6) is 1.84. The first-order valence-electron chi connectivity index (χ1n) is 16.6. The summed E-state index contributed by atoms with van der Waals surface area (Å²) in [6.45, 7) is 0. The Kier molecular flexibility index (Phi) is 6.64. The fourth-order valence-electron chi connectivity index (χ4n) is 7.08. The number of benzene rings is 7. The Morgan fingerprint density at radius 1 is 0.380 bits per heavy atom. The van der Waals surface area contributed by atoms with Gasteiger partial charge in [-0.1, -0.05) is 152 Å². The summed E-state index contributed by atoms with van der Waals surface area (Å²) >= 11 is 1.83. The van der Waals surface area contributed by atoms with Crippen LogP contribution in [-0.4, -0.2) is 15.0 Å². The van der Waals surface area contributed by atoms with Gasteiger partial charge in [0.2, 0.25) is 0 Å². The third-order valence-corrected chi connectivity index (χ3v) is 10.6. The molecule has 50 heavy (non-hydrogen) atoms. The zero-order chi connectivity index (χ0) is 33.0. The van der Waals surface area contributed by atoms with Crippen LogP contribution in [0.2, 0.25) is 0 Å². The van der Waals surface area contributed by atoms with Crippen molar-refractivity contribution in [1.29, 1.82) is 0 Å². The van der Waals surface area contributed by atoms with Crippen molar-refractivity contribution in [3.05, 3.63) is 164 Å². The molecule has 0 N–H and O–H groups in total. The van der Waals surface area contributed by atoms with Gasteiger partial charge in [0.25, 0.3) is 0 Å². The minimum atomic E-state index is 0.599. The highest BCUT2D eigenvalue weighted by Crippen LogP contribution is 2.43. The highest BCUT2D eigenvalue weighted by atomic mass is 32.1. The van der Waals surface area contributed by atoms with Crippen molar-refractivity contribution in [3.8, 4) is 56.4 Å². The zero-order valence-electron chi connectivity index (χ0n) is 26.7. The standard InChI is InChI=1S/C45H27N3OS/c1-3-14-28(15-4-1)30-21-11-24-36-40-37(25-13-26-38(40)49-41(30)36)45-47-43(29-16-5-2-6-17-29)46-44(48-45)35-20-8-7-18-31(35)33-22-12-23-34-32-19-9-10-27-39(32)50-42(33)34/h1-27H. The van der Waals surface area contributed by atoms with Crippen molar-refractivity contribution in [2.75, 3.05) is 0 Å². The van der Waals surface area contributed by atoms with E-state index in [1.54, 1.807) is 0 Å². The fraction of sp³-hybridized carbons (Fsp3) is 0. The average molecular weight is 658 g/mol. The molecule has 234 valence electrons. The van der Waals surface area contributed by atoms with E-state index >= 15 is 0 Å². The van der Waals surface area contributed by atoms with E-state index in [0.29, 0.717) is 17.5 Å². The molecule has 0 unspecified atom stereocenters. The Hall–Kier alpha value is -6.43. The van der Waals surface area contributed by atoms with Crippen molar-refractivity contribution in [1.82, 2.24) is 15.0 Å². The molecule has 0 atom stereocenters. The SMILES string of the molecule is c1ccc(-c2nc(-c3ccccc3-c3cccc4c3sc3ccccc34)nc(-c3cccc4oc5c(-c6ccccc6)cccc5c34)n2)cc1. The molecule has 10 aromatic rings. The van der Waals surface area contributed by atoms with Crippen molar-refractivity contribution < 1.29 is 4.42 Å². The number of furan rings is 1. The summed E-state index contributed by atoms with van der Waals surface area (Å²) in [5.41, 5.74) is 8.83. The van der Waals surface area contributed by atoms with Crippen LogP contribution in [0.3, 0.4) is 0 Å². The summed E-state index contributed by atoms with van der Waals surface area (Å²) < 4.78 is 9.13. The van der Waals surface area contributed by atoms with Crippen LogP contribution in [0.25, 0.3) is 98.5 Å². The number of rotatable bonds is 5. The highest BCUT2D eigenvalue weighted by molar-refractivity contribution is 7.26. The van der Waals surface area contributed by atoms with Gasteiger partial charge < -0.3 is 4.42 Å². The Labute approximate surface area is 292 Å². The quantitative estimate of drug-likeness (QED) is 0.185. The molecule has 0 aliphatic heterocycles. The second-order valence-electron chi connectivity index (χ2n) is 12.3. The predicted molar refractivity (Wildman–Crippen MR) is 207 cm³/mol. The maximum absolute atomic E-state index is 6.60. The van der Waals surface area contributed by atoms with Crippen molar-refractivity contribution >= 4 is 53.4 Å². The van der Waals surface area contributed by atoms with Crippen LogP contribution in [-0.2, 0) is 0 Å². The lowest BCUT2D eigenvalue weighted by Crippen LogP contribution is -2.01. The Morgan fingerprint density at radius 2 is 0.940 bits per heavy atom. The van der Waals surface area contributed by atoms with E-state index in [4.69, 9.17) is 19.4 Å². The van der Waals surface area contributed by atoms with Gasteiger partial charge >= 0.3 is 0 Å². The Balaban J connectivity index is 1.22. The first-order chi connectivity index (χ1) is 24.8. The van der Waals surface area contributed by atoms with Gasteiger partial charge in [-0.05, 0) is 23.3 Å². The Bertz CT molecular complexity index is 2870. The molecule has 0 radical (unpaired) electrons. The molecule has 3 heterocycles. The maximum atomic E-state index is 6.60. The van der Waals surface area contributed by atoms with Crippen LogP contribution in [0, 0.1) is 0 Å². The number of hydrogen-bond donors (Lipinski definition) is 0. The van der Waals surface area contributed by atoms with Gasteiger partial charge in [-0.2, -0.15) is 0 Å². The largest absolute Gasteiger partial charge is 0.455 e. The molecule has 4 nitrogen and oxygen atoms in total. The van der Waals surface area contributed by atoms with E-state index in [2.05, 4.69) is 115 Å². The van der Waals surface area contributed by atoms with E-state index < -0.39 is 0 Å². The first kappa shape index (κ1) is 28.6. The van der Waals surface area contributed by atoms with E-state index in [9.17, 15) is 0 Å². The van der Waals surface area contributed by atoms with Crippen LogP contribution < -0.4 is 0 Å². The van der Waals surface area contributed by atoms with E-state index in [1.165, 1.54) is 25.7 Å². The minimum Gasteiger partial charge on any atom is -0.455 e. The average Bonchev–Trinajstić information content (AvgIpc) is 3.77. The Morgan fingerprint density at radius 3 is 1.76 bits per heavy atom. The number of nitrogens with zero attached hydrogens (tertiary/aromatic N) is 3. The molecule has 0 amide bonds. The lowest BCUT2D eigenvalue weighted by atomic mass is 9.97. The van der Waals surface area contributed by atoms with Gasteiger partial charge in [0.1, 0.15) is 11.2 Å². The smallest absolute Gasteiger partial charge is 0.164 e. The second kappa shape index (κ2) is 11.6. The molecule has 0 saturated heterocycles. The fourth-order valence-corrected chi connectivity index (χ4v) is 8.31. The number of thiophene rings is 1. The molecular weight excluding hydrogens is 631 g/mol. The molecule has 7 aromatic carbocycles. The van der Waals surface area contributed by atoms with Gasteiger partial charge in [-0.3, -0.25) is 0 Å². The van der Waals surface area contributed by atoms with E-state index in [1.807, 2.05) is 59.9 Å². The molecule has 0 aliphatic carbocycles. The third kappa shape index (κ3) is 4.63. The normalized spacial score (nSPS) is 11.6. The van der Waals surface area contributed by atoms with Gasteiger partial charge in [-0.25, -0.2) is 15.0 Å². The molecule has 10 rings (SSSR count). The first-order valence-corrected chi connectivity index (χ1v) is 17.4. The summed E-state index contributed by atoms with van der Waals surface area (Å²) in [4.78, 5) is 15.6. The lowest BCUT2D eigenvalue weighted by molar-refractivity contribution is 0.670. The van der Waals surface area contributed by atoms with E-state index in [-0.39, 0.29) is 0 Å². The van der Waals surface area contributed by atoms with Gasteiger partial charge in [-0.15, -0.1) is 11.3 Å². The van der Waals surface area contributed by atoms with Crippen LogP contribution in [0.1, 0.15) is 0 Å². The van der Waals surface area contributed by atoms with Gasteiger partial charge in [0.05, 0.1) is 0 Å². The predicted octanol–water partition coefficient (Wildman–Crippen LogP) is 12.5. The van der Waals surface area contributed by atoms with Crippen LogP contribution in [0.15, 0.2) is 168 Å². The maximum Gasteiger partial charge on any atom is 0.164 e. The molecule has 0 bridgehead atoms. The lowest BCUT2D eigenvalue weighted by Gasteiger charge is -2.13. The summed E-state index contributed by atoms with van der Waals surface area (Å²) in [6, 6.07) is 56.6.